The van der Waals surface area contributed by atoms with Crippen molar-refractivity contribution in [3.8, 4) is 0 Å². The van der Waals surface area contributed by atoms with Gasteiger partial charge >= 0.3 is 0 Å². The quantitative estimate of drug-likeness (QED) is 0.484. The molecule has 0 aromatic rings. The number of hydrogen-bond donors (Lipinski definition) is 0. The van der Waals surface area contributed by atoms with Crippen molar-refractivity contribution < 1.29 is 9.53 Å². The van der Waals surface area contributed by atoms with Crippen LogP contribution in [0.15, 0.2) is 17.8 Å². The fourth-order valence-electron chi connectivity index (χ4n) is 1.31. The van der Waals surface area contributed by atoms with E-state index in [9.17, 15) is 4.79 Å². The molecule has 1 heterocycles. The summed E-state index contributed by atoms with van der Waals surface area (Å²) in [5.41, 5.74) is 0. The van der Waals surface area contributed by atoms with Crippen LogP contribution in [0.1, 0.15) is 0 Å². The van der Waals surface area contributed by atoms with Crippen molar-refractivity contribution in [3.63, 3.8) is 0 Å². The molecular weight excluding hydrogens is 194 g/mol. The van der Waals surface area contributed by atoms with Crippen molar-refractivity contribution in [2.24, 2.45) is 5.10 Å². The van der Waals surface area contributed by atoms with Gasteiger partial charge in [0.1, 0.15) is 6.54 Å². The minimum Gasteiger partial charge on any atom is -0.378 e. The van der Waals surface area contributed by atoms with Crippen molar-refractivity contribution in [1.29, 1.82) is 0 Å². The Kier molecular flexibility index (Phi) is 4.83. The molecule has 0 N–H and O–H groups in total. The van der Waals surface area contributed by atoms with Crippen LogP contribution < -0.4 is 0 Å². The third-order valence-electron chi connectivity index (χ3n) is 2.10. The lowest BCUT2D eigenvalue weighted by atomic mass is 10.4. The number of allylic oxidation sites excluding steroid dienone is 1. The van der Waals surface area contributed by atoms with E-state index in [0.29, 0.717) is 32.8 Å². The van der Waals surface area contributed by atoms with Crippen LogP contribution in [0, 0.1) is 0 Å². The van der Waals surface area contributed by atoms with Gasteiger partial charge in [-0.2, -0.15) is 5.10 Å². The van der Waals surface area contributed by atoms with Gasteiger partial charge in [-0.3, -0.25) is 9.80 Å². The van der Waals surface area contributed by atoms with Crippen LogP contribution >= 0.6 is 0 Å². The summed E-state index contributed by atoms with van der Waals surface area (Å²) in [6.45, 7) is 6.43. The Morgan fingerprint density at radius 1 is 1.60 bits per heavy atom. The number of hydrazone groups is 1. The summed E-state index contributed by atoms with van der Waals surface area (Å²) in [6.07, 6.45) is 3.14. The highest BCUT2D eigenvalue weighted by Gasteiger charge is 2.17. The lowest BCUT2D eigenvalue weighted by Crippen LogP contribution is -2.44. The minimum absolute atomic E-state index is 0.0852. The topological polar surface area (TPSA) is 45.1 Å². The largest absolute Gasteiger partial charge is 0.378 e. The Hall–Kier alpha value is -1.36. The lowest BCUT2D eigenvalue weighted by molar-refractivity contribution is -0.136. The molecule has 15 heavy (non-hydrogen) atoms. The highest BCUT2D eigenvalue weighted by molar-refractivity contribution is 5.78. The van der Waals surface area contributed by atoms with Gasteiger partial charge in [-0.15, -0.1) is 0 Å². The third-order valence-corrected chi connectivity index (χ3v) is 2.10. The molecule has 5 nitrogen and oxygen atoms in total. The molecule has 0 radical (unpaired) electrons. The second-order valence-corrected chi connectivity index (χ2v) is 3.31. The van der Waals surface area contributed by atoms with E-state index >= 15 is 0 Å². The second kappa shape index (κ2) is 6.19. The van der Waals surface area contributed by atoms with E-state index in [1.807, 2.05) is 0 Å². The summed E-state index contributed by atoms with van der Waals surface area (Å²) in [5.74, 6) is 0.0852. The number of nitrogens with zero attached hydrogens (tertiary/aromatic N) is 3. The smallest absolute Gasteiger partial charge is 0.244 e. The van der Waals surface area contributed by atoms with Crippen LogP contribution in [0.2, 0.25) is 0 Å². The maximum Gasteiger partial charge on any atom is 0.244 e. The molecular formula is C10H17N3O2. The zero-order valence-corrected chi connectivity index (χ0v) is 9.06. The first-order chi connectivity index (χ1) is 7.24. The Labute approximate surface area is 90.0 Å². The van der Waals surface area contributed by atoms with E-state index in [0.717, 1.165) is 0 Å². The predicted molar refractivity (Wildman–Crippen MR) is 58.7 cm³/mol. The number of ether oxygens (including phenoxy) is 1. The summed E-state index contributed by atoms with van der Waals surface area (Å²) in [6, 6.07) is 0. The number of hydrogen-bond acceptors (Lipinski definition) is 4. The highest BCUT2D eigenvalue weighted by Crippen LogP contribution is 1.98. The van der Waals surface area contributed by atoms with Gasteiger partial charge in [-0.25, -0.2) is 0 Å². The molecule has 1 aliphatic rings. The zero-order chi connectivity index (χ0) is 11.1. The van der Waals surface area contributed by atoms with Gasteiger partial charge in [0, 0.05) is 26.4 Å². The molecule has 0 aromatic heterocycles. The average molecular weight is 211 g/mol. The summed E-state index contributed by atoms with van der Waals surface area (Å²) in [5, 5.41) is 5.59. The summed E-state index contributed by atoms with van der Waals surface area (Å²) >= 11 is 0. The highest BCUT2D eigenvalue weighted by atomic mass is 16.5. The fraction of sp³-hybridized carbons (Fsp3) is 0.600. The molecule has 84 valence electrons. The van der Waals surface area contributed by atoms with Gasteiger partial charge in [-0.1, -0.05) is 6.58 Å². The Morgan fingerprint density at radius 3 is 2.87 bits per heavy atom. The molecule has 1 rings (SSSR count). The van der Waals surface area contributed by atoms with Crippen LogP contribution in [0.5, 0.6) is 0 Å². The SMILES string of the molecule is C=C/C=N\N(C)CC(=O)N1CCOCC1. The molecule has 1 aliphatic heterocycles. The number of carbonyl (C=O) groups is 1. The maximum atomic E-state index is 11.7. The van der Waals surface area contributed by atoms with Crippen LogP contribution in [0.4, 0.5) is 0 Å². The molecule has 0 spiro atoms. The van der Waals surface area contributed by atoms with Gasteiger partial charge in [0.05, 0.1) is 13.2 Å². The van der Waals surface area contributed by atoms with E-state index in [1.54, 1.807) is 29.2 Å². The molecule has 1 saturated heterocycles. The van der Waals surface area contributed by atoms with Crippen molar-refractivity contribution in [2.75, 3.05) is 39.9 Å². The van der Waals surface area contributed by atoms with Crippen molar-refractivity contribution in [2.45, 2.75) is 0 Å². The zero-order valence-electron chi connectivity index (χ0n) is 9.06. The number of amides is 1. The molecule has 0 unspecified atom stereocenters. The number of likely N-dealkylation sites (N-methyl/N-ethyl adjacent to an activating group) is 1. The predicted octanol–water partition coefficient (Wildman–Crippen LogP) is -0.0512. The van der Waals surface area contributed by atoms with Gasteiger partial charge in [-0.05, 0) is 6.08 Å². The molecule has 1 fully saturated rings. The van der Waals surface area contributed by atoms with Crippen molar-refractivity contribution >= 4 is 12.1 Å². The number of rotatable bonds is 4. The number of morpholine rings is 1. The first kappa shape index (κ1) is 11.7. The monoisotopic (exact) mass is 211 g/mol. The van der Waals surface area contributed by atoms with Crippen LogP contribution in [-0.2, 0) is 9.53 Å². The molecule has 5 heteroatoms. The van der Waals surface area contributed by atoms with Crippen molar-refractivity contribution in [3.05, 3.63) is 12.7 Å². The lowest BCUT2D eigenvalue weighted by Gasteiger charge is -2.28. The van der Waals surface area contributed by atoms with E-state index < -0.39 is 0 Å². The molecule has 0 aromatic carbocycles. The minimum atomic E-state index is 0.0852. The first-order valence-corrected chi connectivity index (χ1v) is 4.95. The average Bonchev–Trinajstić information content (AvgIpc) is 2.27. The second-order valence-electron chi connectivity index (χ2n) is 3.31. The van der Waals surface area contributed by atoms with Crippen molar-refractivity contribution in [1.82, 2.24) is 9.91 Å². The summed E-state index contributed by atoms with van der Waals surface area (Å²) in [4.78, 5) is 13.5. The molecule has 0 atom stereocenters. The Morgan fingerprint density at radius 2 is 2.27 bits per heavy atom. The molecule has 0 saturated carbocycles. The van der Waals surface area contributed by atoms with Crippen LogP contribution in [-0.4, -0.2) is 61.9 Å². The molecule has 1 amide bonds. The van der Waals surface area contributed by atoms with Gasteiger partial charge < -0.3 is 9.64 Å². The summed E-state index contributed by atoms with van der Waals surface area (Å²) in [7, 11) is 1.76. The fourth-order valence-corrected chi connectivity index (χ4v) is 1.31. The Bertz CT molecular complexity index is 247. The van der Waals surface area contributed by atoms with E-state index in [4.69, 9.17) is 4.74 Å². The first-order valence-electron chi connectivity index (χ1n) is 4.95. The van der Waals surface area contributed by atoms with Crippen LogP contribution in [0.3, 0.4) is 0 Å². The summed E-state index contributed by atoms with van der Waals surface area (Å²) < 4.78 is 5.17. The normalized spacial score (nSPS) is 16.7. The molecule has 0 bridgehead atoms. The molecule has 0 aliphatic carbocycles. The third kappa shape index (κ3) is 4.12. The Balaban J connectivity index is 2.33. The number of carbonyl (C=O) groups excluding carboxylic acids is 1. The van der Waals surface area contributed by atoms with Gasteiger partial charge in [0.2, 0.25) is 5.91 Å². The van der Waals surface area contributed by atoms with Gasteiger partial charge in [0.25, 0.3) is 0 Å². The van der Waals surface area contributed by atoms with Crippen LogP contribution in [0.25, 0.3) is 0 Å². The van der Waals surface area contributed by atoms with E-state index in [2.05, 4.69) is 11.7 Å². The van der Waals surface area contributed by atoms with E-state index in [-0.39, 0.29) is 5.91 Å². The van der Waals surface area contributed by atoms with E-state index in [1.165, 1.54) is 0 Å². The standard InChI is InChI=1S/C10H17N3O2/c1-3-4-11-12(2)9-10(14)13-5-7-15-8-6-13/h3-4H,1,5-9H2,2H3/b11-4-. The van der Waals surface area contributed by atoms with Gasteiger partial charge in [0.15, 0.2) is 0 Å². The maximum absolute atomic E-state index is 11.7.